The minimum atomic E-state index is 0.0863. The summed E-state index contributed by atoms with van der Waals surface area (Å²) >= 11 is 6.17. The van der Waals surface area contributed by atoms with Gasteiger partial charge in [0.25, 0.3) is 0 Å². The van der Waals surface area contributed by atoms with Gasteiger partial charge in [-0.25, -0.2) is 0 Å². The molecule has 0 saturated carbocycles. The number of carbonyl (C=O) groups excluding carboxylic acids is 1. The molecule has 0 radical (unpaired) electrons. The lowest BCUT2D eigenvalue weighted by Gasteiger charge is -2.24. The van der Waals surface area contributed by atoms with Crippen molar-refractivity contribution in [3.63, 3.8) is 0 Å². The molecular formula is C18H21ClN2O. The van der Waals surface area contributed by atoms with Gasteiger partial charge in [0.1, 0.15) is 0 Å². The molecule has 0 heterocycles. The fourth-order valence-corrected chi connectivity index (χ4v) is 2.60. The quantitative estimate of drug-likeness (QED) is 0.808. The summed E-state index contributed by atoms with van der Waals surface area (Å²) in [6.45, 7) is 3.65. The maximum atomic E-state index is 12.5. The van der Waals surface area contributed by atoms with Crippen LogP contribution in [0.3, 0.4) is 0 Å². The highest BCUT2D eigenvalue weighted by atomic mass is 35.5. The topological polar surface area (TPSA) is 23.6 Å². The molecule has 22 heavy (non-hydrogen) atoms. The lowest BCUT2D eigenvalue weighted by atomic mass is 10.2. The molecule has 0 fully saturated rings. The van der Waals surface area contributed by atoms with Gasteiger partial charge in [-0.2, -0.15) is 0 Å². The van der Waals surface area contributed by atoms with Crippen molar-refractivity contribution in [2.75, 3.05) is 25.0 Å². The highest BCUT2D eigenvalue weighted by molar-refractivity contribution is 6.31. The third kappa shape index (κ3) is 4.33. The monoisotopic (exact) mass is 316 g/mol. The zero-order valence-corrected chi connectivity index (χ0v) is 13.8. The van der Waals surface area contributed by atoms with E-state index in [0.717, 1.165) is 16.3 Å². The summed E-state index contributed by atoms with van der Waals surface area (Å²) in [5.41, 5.74) is 1.96. The number of halogens is 1. The Morgan fingerprint density at radius 2 is 1.68 bits per heavy atom. The van der Waals surface area contributed by atoms with Crippen LogP contribution in [0, 0.1) is 0 Å². The van der Waals surface area contributed by atoms with E-state index in [0.29, 0.717) is 19.6 Å². The highest BCUT2D eigenvalue weighted by Gasteiger charge is 2.16. The molecule has 2 aromatic carbocycles. The van der Waals surface area contributed by atoms with Crippen LogP contribution in [0.4, 0.5) is 5.69 Å². The van der Waals surface area contributed by atoms with E-state index in [1.807, 2.05) is 73.5 Å². The van der Waals surface area contributed by atoms with Crippen LogP contribution in [-0.4, -0.2) is 30.9 Å². The molecule has 0 aromatic heterocycles. The van der Waals surface area contributed by atoms with Crippen LogP contribution in [-0.2, 0) is 11.3 Å². The molecule has 0 unspecified atom stereocenters. The summed E-state index contributed by atoms with van der Waals surface area (Å²) in [5.74, 6) is 0.0863. The van der Waals surface area contributed by atoms with Crippen molar-refractivity contribution in [1.82, 2.24) is 4.90 Å². The molecule has 0 aliphatic rings. The minimum Gasteiger partial charge on any atom is -0.312 e. The predicted octanol–water partition coefficient (Wildman–Crippen LogP) is 3.82. The number of likely N-dealkylation sites (N-methyl/N-ethyl adjacent to an activating group) is 2. The number of rotatable bonds is 6. The summed E-state index contributed by atoms with van der Waals surface area (Å²) in [5, 5.41) is 0.734. The van der Waals surface area contributed by atoms with Crippen LogP contribution in [0.15, 0.2) is 54.6 Å². The van der Waals surface area contributed by atoms with Gasteiger partial charge in [-0.3, -0.25) is 9.69 Å². The first-order valence-corrected chi connectivity index (χ1v) is 7.77. The van der Waals surface area contributed by atoms with Gasteiger partial charge in [-0.05, 0) is 37.7 Å². The third-order valence-electron chi connectivity index (χ3n) is 3.49. The molecule has 0 N–H and O–H groups in total. The number of hydrogen-bond donors (Lipinski definition) is 0. The zero-order valence-electron chi connectivity index (χ0n) is 13.0. The summed E-state index contributed by atoms with van der Waals surface area (Å²) < 4.78 is 0. The fourth-order valence-electron chi connectivity index (χ4n) is 2.40. The average Bonchev–Trinajstić information content (AvgIpc) is 2.51. The molecule has 116 valence electrons. The predicted molar refractivity (Wildman–Crippen MR) is 92.3 cm³/mol. The van der Waals surface area contributed by atoms with Gasteiger partial charge in [-0.15, -0.1) is 0 Å². The smallest absolute Gasteiger partial charge is 0.241 e. The first-order valence-electron chi connectivity index (χ1n) is 7.39. The van der Waals surface area contributed by atoms with E-state index in [9.17, 15) is 4.79 Å². The van der Waals surface area contributed by atoms with Crippen LogP contribution >= 0.6 is 11.6 Å². The first kappa shape index (κ1) is 16.5. The second-order valence-corrected chi connectivity index (χ2v) is 5.64. The van der Waals surface area contributed by atoms with Gasteiger partial charge in [0.15, 0.2) is 0 Å². The lowest BCUT2D eigenvalue weighted by Crippen LogP contribution is -2.38. The van der Waals surface area contributed by atoms with E-state index in [1.165, 1.54) is 0 Å². The standard InChI is InChI=1S/C18H21ClN2O/c1-3-21(16-10-5-4-6-11-16)18(22)14-20(2)13-15-9-7-8-12-17(15)19/h4-12H,3,13-14H2,1-2H3. The number of amides is 1. The number of anilines is 1. The SMILES string of the molecule is CCN(C(=O)CN(C)Cc1ccccc1Cl)c1ccccc1. The second-order valence-electron chi connectivity index (χ2n) is 5.24. The van der Waals surface area contributed by atoms with E-state index in [-0.39, 0.29) is 5.91 Å². The first-order chi connectivity index (χ1) is 10.6. The normalized spacial score (nSPS) is 10.7. The maximum absolute atomic E-state index is 12.5. The summed E-state index contributed by atoms with van der Waals surface area (Å²) in [6, 6.07) is 17.5. The Kier molecular flexibility index (Phi) is 5.99. The van der Waals surface area contributed by atoms with Crippen molar-refractivity contribution in [2.45, 2.75) is 13.5 Å². The number of nitrogens with zero attached hydrogens (tertiary/aromatic N) is 2. The molecule has 0 atom stereocenters. The Morgan fingerprint density at radius 3 is 2.32 bits per heavy atom. The van der Waals surface area contributed by atoms with E-state index in [2.05, 4.69) is 0 Å². The van der Waals surface area contributed by atoms with Crippen LogP contribution in [0.2, 0.25) is 5.02 Å². The van der Waals surface area contributed by atoms with Crippen LogP contribution in [0.25, 0.3) is 0 Å². The molecule has 0 aliphatic heterocycles. The van der Waals surface area contributed by atoms with Crippen molar-refractivity contribution >= 4 is 23.2 Å². The molecule has 2 rings (SSSR count). The molecule has 0 bridgehead atoms. The highest BCUT2D eigenvalue weighted by Crippen LogP contribution is 2.17. The zero-order chi connectivity index (χ0) is 15.9. The summed E-state index contributed by atoms with van der Waals surface area (Å²) in [7, 11) is 1.93. The van der Waals surface area contributed by atoms with Crippen molar-refractivity contribution in [3.05, 3.63) is 65.2 Å². The van der Waals surface area contributed by atoms with Crippen molar-refractivity contribution in [3.8, 4) is 0 Å². The van der Waals surface area contributed by atoms with Crippen molar-refractivity contribution in [1.29, 1.82) is 0 Å². The molecule has 3 nitrogen and oxygen atoms in total. The van der Waals surface area contributed by atoms with Gasteiger partial charge in [0.2, 0.25) is 5.91 Å². The van der Waals surface area contributed by atoms with E-state index < -0.39 is 0 Å². The Balaban J connectivity index is 2.00. The van der Waals surface area contributed by atoms with E-state index in [1.54, 1.807) is 4.90 Å². The number of para-hydroxylation sites is 1. The molecule has 1 amide bonds. The van der Waals surface area contributed by atoms with Gasteiger partial charge >= 0.3 is 0 Å². The molecule has 2 aromatic rings. The Hall–Kier alpha value is -1.84. The number of carbonyl (C=O) groups is 1. The fraction of sp³-hybridized carbons (Fsp3) is 0.278. The Bertz CT molecular complexity index is 615. The van der Waals surface area contributed by atoms with Gasteiger partial charge in [0, 0.05) is 23.8 Å². The van der Waals surface area contributed by atoms with Gasteiger partial charge < -0.3 is 4.90 Å². The summed E-state index contributed by atoms with van der Waals surface area (Å²) in [4.78, 5) is 16.3. The van der Waals surface area contributed by atoms with Crippen LogP contribution in [0.1, 0.15) is 12.5 Å². The molecule has 4 heteroatoms. The third-order valence-corrected chi connectivity index (χ3v) is 3.86. The molecule has 0 spiro atoms. The average molecular weight is 317 g/mol. The lowest BCUT2D eigenvalue weighted by molar-refractivity contribution is -0.119. The Labute approximate surface area is 137 Å². The van der Waals surface area contributed by atoms with Crippen LogP contribution in [0.5, 0.6) is 0 Å². The van der Waals surface area contributed by atoms with Gasteiger partial charge in [-0.1, -0.05) is 48.0 Å². The Morgan fingerprint density at radius 1 is 1.05 bits per heavy atom. The van der Waals surface area contributed by atoms with Crippen LogP contribution < -0.4 is 4.90 Å². The largest absolute Gasteiger partial charge is 0.312 e. The second kappa shape index (κ2) is 7.97. The van der Waals surface area contributed by atoms with Crippen molar-refractivity contribution < 1.29 is 4.79 Å². The molecule has 0 saturated heterocycles. The van der Waals surface area contributed by atoms with E-state index in [4.69, 9.17) is 11.6 Å². The number of hydrogen-bond acceptors (Lipinski definition) is 2. The summed E-state index contributed by atoms with van der Waals surface area (Å²) in [6.07, 6.45) is 0. The van der Waals surface area contributed by atoms with Crippen molar-refractivity contribution in [2.24, 2.45) is 0 Å². The molecular weight excluding hydrogens is 296 g/mol. The minimum absolute atomic E-state index is 0.0863. The maximum Gasteiger partial charge on any atom is 0.241 e. The van der Waals surface area contributed by atoms with E-state index >= 15 is 0 Å². The number of benzene rings is 2. The molecule has 0 aliphatic carbocycles. The van der Waals surface area contributed by atoms with Gasteiger partial charge in [0.05, 0.1) is 6.54 Å².